The maximum atomic E-state index is 13.4. The molecule has 3 amide bonds. The average Bonchev–Trinajstić information content (AvgIpc) is 3.32. The molecule has 0 spiro atoms. The van der Waals surface area contributed by atoms with Gasteiger partial charge < -0.3 is 20.9 Å². The molecular weight excluding hydrogens is 448 g/mol. The number of nitrogens with zero attached hydrogens (tertiary/aromatic N) is 1. The monoisotopic (exact) mass is 471 g/mol. The van der Waals surface area contributed by atoms with Crippen molar-refractivity contribution in [1.29, 1.82) is 0 Å². The van der Waals surface area contributed by atoms with Crippen LogP contribution in [0, 0.1) is 0 Å². The first kappa shape index (κ1) is 21.3. The summed E-state index contributed by atoms with van der Waals surface area (Å²) in [6.07, 6.45) is 1.05. The Kier molecular flexibility index (Phi) is 5.84. The number of nitrogens with two attached hydrogens (primary N) is 1. The molecule has 32 heavy (non-hydrogen) atoms. The number of carbonyl (C=O) groups excluding carboxylic acids is 3. The first-order valence-corrected chi connectivity index (χ1v) is 12.3. The molecule has 7 nitrogen and oxygen atoms in total. The topological polar surface area (TPSA) is 95.1 Å². The molecule has 0 unspecified atom stereocenters. The van der Waals surface area contributed by atoms with Crippen molar-refractivity contribution in [2.45, 2.75) is 31.0 Å². The predicted octanol–water partition coefficient (Wildman–Crippen LogP) is 1.68. The first-order chi connectivity index (χ1) is 15.5. The van der Waals surface area contributed by atoms with Crippen molar-refractivity contribution in [2.24, 2.45) is 0 Å². The van der Waals surface area contributed by atoms with E-state index in [2.05, 4.69) is 10.6 Å². The highest BCUT2D eigenvalue weighted by molar-refractivity contribution is 7.99. The maximum absolute atomic E-state index is 13.4. The van der Waals surface area contributed by atoms with E-state index in [1.165, 1.54) is 0 Å². The van der Waals surface area contributed by atoms with Gasteiger partial charge in [-0.25, -0.2) is 0 Å². The Morgan fingerprint density at radius 3 is 2.69 bits per heavy atom. The van der Waals surface area contributed by atoms with Gasteiger partial charge in [-0.1, -0.05) is 41.6 Å². The molecule has 2 aromatic carbocycles. The van der Waals surface area contributed by atoms with Crippen LogP contribution in [0.3, 0.4) is 0 Å². The third kappa shape index (κ3) is 4.10. The van der Waals surface area contributed by atoms with Crippen molar-refractivity contribution >= 4 is 46.8 Å². The van der Waals surface area contributed by atoms with Crippen LogP contribution in [-0.4, -0.2) is 58.9 Å². The number of anilines is 1. The van der Waals surface area contributed by atoms with Crippen LogP contribution in [-0.2, 0) is 9.59 Å². The van der Waals surface area contributed by atoms with Crippen LogP contribution < -0.4 is 16.0 Å². The van der Waals surface area contributed by atoms with Crippen molar-refractivity contribution in [3.05, 3.63) is 53.1 Å². The standard InChI is InChI=1S/C23H23ClN4O3S/c24-15-4-1-13(2-5-15)14-3-6-18-17(9-14)23(31)28-8-7-16(10-20(28)22(30)27-18)26-21(29)19-11-32-12-25-19/h1-6,9,16,19-20,25H,7-8,10-12H2,(H,26,29)(H,27,30)/p+1/t16-,19-,20-/m0/s1. The summed E-state index contributed by atoms with van der Waals surface area (Å²) >= 11 is 7.74. The summed E-state index contributed by atoms with van der Waals surface area (Å²) in [6.45, 7) is 0.426. The maximum Gasteiger partial charge on any atom is 0.279 e. The minimum Gasteiger partial charge on any atom is -0.348 e. The number of amides is 3. The van der Waals surface area contributed by atoms with E-state index in [9.17, 15) is 14.4 Å². The van der Waals surface area contributed by atoms with Crippen LogP contribution in [0.15, 0.2) is 42.5 Å². The van der Waals surface area contributed by atoms with Crippen LogP contribution in [0.5, 0.6) is 0 Å². The fourth-order valence-electron chi connectivity index (χ4n) is 4.55. The summed E-state index contributed by atoms with van der Waals surface area (Å²) in [5, 5.41) is 8.70. The summed E-state index contributed by atoms with van der Waals surface area (Å²) in [6, 6.07) is 12.1. The lowest BCUT2D eigenvalue weighted by Crippen LogP contribution is -2.89. The largest absolute Gasteiger partial charge is 0.348 e. The van der Waals surface area contributed by atoms with Gasteiger partial charge in [0, 0.05) is 17.6 Å². The molecule has 0 radical (unpaired) electrons. The summed E-state index contributed by atoms with van der Waals surface area (Å²) in [5.74, 6) is 1.34. The lowest BCUT2D eigenvalue weighted by molar-refractivity contribution is -0.648. The van der Waals surface area contributed by atoms with E-state index in [-0.39, 0.29) is 29.8 Å². The Morgan fingerprint density at radius 2 is 1.94 bits per heavy atom. The van der Waals surface area contributed by atoms with Gasteiger partial charge in [-0.2, -0.15) is 0 Å². The van der Waals surface area contributed by atoms with Gasteiger partial charge >= 0.3 is 0 Å². The zero-order valence-corrected chi connectivity index (χ0v) is 18.9. The second-order valence-corrected chi connectivity index (χ2v) is 9.89. The lowest BCUT2D eigenvalue weighted by Gasteiger charge is -2.37. The molecule has 2 saturated heterocycles. The number of hydrogen-bond acceptors (Lipinski definition) is 4. The minimum atomic E-state index is -0.602. The smallest absolute Gasteiger partial charge is 0.279 e. The van der Waals surface area contributed by atoms with Gasteiger partial charge in [0.2, 0.25) is 5.91 Å². The van der Waals surface area contributed by atoms with Crippen LogP contribution in [0.25, 0.3) is 11.1 Å². The molecular formula is C23H24ClN4O3S+. The van der Waals surface area contributed by atoms with Crippen molar-refractivity contribution in [3.63, 3.8) is 0 Å². The molecule has 0 aromatic heterocycles. The van der Waals surface area contributed by atoms with Crippen LogP contribution in [0.4, 0.5) is 5.69 Å². The van der Waals surface area contributed by atoms with Crippen molar-refractivity contribution in [2.75, 3.05) is 23.5 Å². The van der Waals surface area contributed by atoms with Gasteiger partial charge in [0.15, 0.2) is 6.04 Å². The first-order valence-electron chi connectivity index (χ1n) is 10.7. The second-order valence-electron chi connectivity index (χ2n) is 8.38. The molecule has 3 atom stereocenters. The number of quaternary nitrogens is 1. The fraction of sp³-hybridized carbons (Fsp3) is 0.348. The van der Waals surface area contributed by atoms with E-state index in [0.717, 1.165) is 22.8 Å². The van der Waals surface area contributed by atoms with Crippen LogP contribution >= 0.6 is 23.4 Å². The SMILES string of the molecule is O=C(N[C@H]1CCN2C(=O)c3cc(-c4ccc(Cl)cc4)ccc3NC(=O)[C@@H]2C1)[C@@H]1CSC[NH2+]1. The quantitative estimate of drug-likeness (QED) is 0.634. The van der Waals surface area contributed by atoms with Gasteiger partial charge in [0.25, 0.3) is 11.8 Å². The molecule has 0 bridgehead atoms. The van der Waals surface area contributed by atoms with E-state index in [1.54, 1.807) is 22.7 Å². The number of hydrogen-bond donors (Lipinski definition) is 3. The number of nitrogens with one attached hydrogen (secondary N) is 2. The van der Waals surface area contributed by atoms with Gasteiger partial charge in [-0.15, -0.1) is 0 Å². The van der Waals surface area contributed by atoms with Crippen LogP contribution in [0.1, 0.15) is 23.2 Å². The lowest BCUT2D eigenvalue weighted by atomic mass is 9.95. The van der Waals surface area contributed by atoms with Crippen molar-refractivity contribution in [1.82, 2.24) is 10.2 Å². The highest BCUT2D eigenvalue weighted by Crippen LogP contribution is 2.32. The van der Waals surface area contributed by atoms with Gasteiger partial charge in [-0.05, 0) is 48.2 Å². The number of thioether (sulfide) groups is 1. The molecule has 2 aromatic rings. The number of piperidine rings is 1. The Balaban J connectivity index is 1.36. The summed E-state index contributed by atoms with van der Waals surface area (Å²) in [5.41, 5.74) is 2.83. The second kappa shape index (κ2) is 8.77. The Labute approximate surface area is 195 Å². The number of carbonyl (C=O) groups is 3. The van der Waals surface area contributed by atoms with Crippen molar-refractivity contribution in [3.8, 4) is 11.1 Å². The summed E-state index contributed by atoms with van der Waals surface area (Å²) in [7, 11) is 0. The summed E-state index contributed by atoms with van der Waals surface area (Å²) < 4.78 is 0. The van der Waals surface area contributed by atoms with E-state index in [0.29, 0.717) is 35.7 Å². The number of fused-ring (bicyclic) bond motifs is 2. The van der Waals surface area contributed by atoms with Gasteiger partial charge in [0.05, 0.1) is 17.0 Å². The van der Waals surface area contributed by atoms with Gasteiger partial charge in [-0.3, -0.25) is 14.4 Å². The van der Waals surface area contributed by atoms with E-state index in [4.69, 9.17) is 11.6 Å². The predicted molar refractivity (Wildman–Crippen MR) is 125 cm³/mol. The number of halogens is 1. The summed E-state index contributed by atoms with van der Waals surface area (Å²) in [4.78, 5) is 40.6. The van der Waals surface area contributed by atoms with E-state index < -0.39 is 6.04 Å². The number of benzene rings is 2. The van der Waals surface area contributed by atoms with E-state index >= 15 is 0 Å². The van der Waals surface area contributed by atoms with E-state index in [1.807, 2.05) is 41.7 Å². The Bertz CT molecular complexity index is 1070. The highest BCUT2D eigenvalue weighted by Gasteiger charge is 2.41. The van der Waals surface area contributed by atoms with Crippen molar-refractivity contribution < 1.29 is 19.7 Å². The average molecular weight is 472 g/mol. The molecule has 3 aliphatic heterocycles. The normalized spacial score (nSPS) is 24.9. The molecule has 0 aliphatic carbocycles. The molecule has 2 fully saturated rings. The molecule has 0 saturated carbocycles. The molecule has 9 heteroatoms. The molecule has 3 heterocycles. The third-order valence-electron chi connectivity index (χ3n) is 6.33. The third-order valence-corrected chi connectivity index (χ3v) is 7.61. The fourth-order valence-corrected chi connectivity index (χ4v) is 5.72. The number of rotatable bonds is 3. The molecule has 3 aliphatic rings. The minimum absolute atomic E-state index is 0.0182. The molecule has 4 N–H and O–H groups in total. The molecule has 5 rings (SSSR count). The zero-order chi connectivity index (χ0) is 22.2. The zero-order valence-electron chi connectivity index (χ0n) is 17.3. The molecule has 166 valence electrons. The highest BCUT2D eigenvalue weighted by atomic mass is 35.5. The Morgan fingerprint density at radius 1 is 1.16 bits per heavy atom. The Hall–Kier alpha value is -2.55. The van der Waals surface area contributed by atoms with Crippen LogP contribution in [0.2, 0.25) is 5.02 Å². The van der Waals surface area contributed by atoms with Gasteiger partial charge in [0.1, 0.15) is 11.9 Å².